The molecule has 17 heavy (non-hydrogen) atoms. The maximum absolute atomic E-state index is 13.1. The van der Waals surface area contributed by atoms with Crippen molar-refractivity contribution in [2.45, 2.75) is 12.5 Å². The van der Waals surface area contributed by atoms with Gasteiger partial charge >= 0.3 is 0 Å². The molecule has 1 amide bonds. The van der Waals surface area contributed by atoms with E-state index >= 15 is 0 Å². The van der Waals surface area contributed by atoms with Crippen molar-refractivity contribution in [3.8, 4) is 0 Å². The molecule has 0 saturated heterocycles. The van der Waals surface area contributed by atoms with Gasteiger partial charge in [-0.25, -0.2) is 4.39 Å². The summed E-state index contributed by atoms with van der Waals surface area (Å²) in [7, 11) is 1.48. The molecule has 0 aliphatic carbocycles. The van der Waals surface area contributed by atoms with Gasteiger partial charge in [-0.05, 0) is 18.2 Å². The van der Waals surface area contributed by atoms with E-state index in [9.17, 15) is 9.18 Å². The summed E-state index contributed by atoms with van der Waals surface area (Å²) in [6.45, 7) is 0.249. The Balaban J connectivity index is 2.58. The number of carbonyl (C=O) groups excluding carboxylic acids is 1. The molecule has 0 aliphatic heterocycles. The van der Waals surface area contributed by atoms with Crippen LogP contribution in [0, 0.1) is 5.82 Å². The van der Waals surface area contributed by atoms with Crippen molar-refractivity contribution in [2.75, 3.05) is 19.0 Å². The summed E-state index contributed by atoms with van der Waals surface area (Å²) in [5.74, 6) is -0.865. The van der Waals surface area contributed by atoms with Crippen LogP contribution < -0.4 is 11.1 Å². The highest BCUT2D eigenvalue weighted by Gasteiger charge is 2.12. The summed E-state index contributed by atoms with van der Waals surface area (Å²) in [6, 6.07) is 4.06. The molecular weight excluding hydrogens is 247 g/mol. The second kappa shape index (κ2) is 6.54. The zero-order valence-electron chi connectivity index (χ0n) is 9.37. The minimum absolute atomic E-state index is 0.0136. The second-order valence-corrected chi connectivity index (χ2v) is 3.88. The highest BCUT2D eigenvalue weighted by Crippen LogP contribution is 2.18. The summed E-state index contributed by atoms with van der Waals surface area (Å²) < 4.78 is 18.1. The Morgan fingerprint density at radius 1 is 1.65 bits per heavy atom. The Hall–Kier alpha value is -1.17. The molecule has 1 aromatic carbocycles. The normalized spacial score (nSPS) is 12.2. The van der Waals surface area contributed by atoms with Crippen LogP contribution in [0.1, 0.15) is 6.42 Å². The standard InChI is InChI=1S/C11H14ClFN2O2/c1-17-8(6-14)5-11(16)15-7-2-3-9(12)10(13)4-7/h2-4,8H,5-6,14H2,1H3,(H,15,16). The molecule has 0 spiro atoms. The molecule has 0 heterocycles. The average Bonchev–Trinajstić information content (AvgIpc) is 2.31. The summed E-state index contributed by atoms with van der Waals surface area (Å²) in [5.41, 5.74) is 5.74. The summed E-state index contributed by atoms with van der Waals surface area (Å²) in [6.07, 6.45) is -0.218. The van der Waals surface area contributed by atoms with Gasteiger partial charge in [-0.3, -0.25) is 4.79 Å². The molecule has 0 aliphatic rings. The van der Waals surface area contributed by atoms with Crippen LogP contribution in [-0.4, -0.2) is 25.7 Å². The molecule has 1 rings (SSSR count). The number of benzene rings is 1. The van der Waals surface area contributed by atoms with Gasteiger partial charge in [0.15, 0.2) is 0 Å². The maximum Gasteiger partial charge on any atom is 0.227 e. The molecule has 0 aromatic heterocycles. The van der Waals surface area contributed by atoms with Crippen LogP contribution in [0.4, 0.5) is 10.1 Å². The molecule has 94 valence electrons. The fourth-order valence-electron chi connectivity index (χ4n) is 1.26. The minimum Gasteiger partial charge on any atom is -0.380 e. The van der Waals surface area contributed by atoms with Crippen molar-refractivity contribution < 1.29 is 13.9 Å². The fraction of sp³-hybridized carbons (Fsp3) is 0.364. The lowest BCUT2D eigenvalue weighted by Gasteiger charge is -2.12. The van der Waals surface area contributed by atoms with Gasteiger partial charge in [-0.15, -0.1) is 0 Å². The molecule has 6 heteroatoms. The van der Waals surface area contributed by atoms with Crippen LogP contribution in [0.5, 0.6) is 0 Å². The van der Waals surface area contributed by atoms with Crippen molar-refractivity contribution >= 4 is 23.2 Å². The van der Waals surface area contributed by atoms with E-state index in [-0.39, 0.29) is 30.0 Å². The number of hydrogen-bond acceptors (Lipinski definition) is 3. The summed E-state index contributed by atoms with van der Waals surface area (Å²) in [5, 5.41) is 2.55. The van der Waals surface area contributed by atoms with Crippen molar-refractivity contribution in [1.82, 2.24) is 0 Å². The Bertz CT molecular complexity index is 397. The van der Waals surface area contributed by atoms with Gasteiger partial charge in [0.1, 0.15) is 5.82 Å². The van der Waals surface area contributed by atoms with Crippen molar-refractivity contribution in [3.05, 3.63) is 29.0 Å². The van der Waals surface area contributed by atoms with E-state index in [2.05, 4.69) is 5.32 Å². The van der Waals surface area contributed by atoms with E-state index in [1.54, 1.807) is 0 Å². The first-order valence-corrected chi connectivity index (χ1v) is 5.42. The van der Waals surface area contributed by atoms with Crippen molar-refractivity contribution in [3.63, 3.8) is 0 Å². The van der Waals surface area contributed by atoms with Gasteiger partial charge in [0.25, 0.3) is 0 Å². The average molecular weight is 261 g/mol. The lowest BCUT2D eigenvalue weighted by atomic mass is 10.2. The monoisotopic (exact) mass is 260 g/mol. The highest BCUT2D eigenvalue weighted by molar-refractivity contribution is 6.30. The van der Waals surface area contributed by atoms with Gasteiger partial charge in [0, 0.05) is 19.3 Å². The SMILES string of the molecule is COC(CN)CC(=O)Nc1ccc(Cl)c(F)c1. The highest BCUT2D eigenvalue weighted by atomic mass is 35.5. The summed E-state index contributed by atoms with van der Waals surface area (Å²) >= 11 is 5.52. The lowest BCUT2D eigenvalue weighted by molar-refractivity contribution is -0.118. The Kier molecular flexibility index (Phi) is 5.34. The van der Waals surface area contributed by atoms with E-state index in [4.69, 9.17) is 22.1 Å². The molecular formula is C11H14ClFN2O2. The Morgan fingerprint density at radius 3 is 2.88 bits per heavy atom. The number of ether oxygens (including phenoxy) is 1. The number of nitrogens with one attached hydrogen (secondary N) is 1. The van der Waals surface area contributed by atoms with Gasteiger partial charge in [0.2, 0.25) is 5.91 Å². The maximum atomic E-state index is 13.1. The largest absolute Gasteiger partial charge is 0.380 e. The second-order valence-electron chi connectivity index (χ2n) is 3.47. The Morgan fingerprint density at radius 2 is 2.35 bits per heavy atom. The molecule has 1 atom stereocenters. The van der Waals surface area contributed by atoms with Crippen LogP contribution in [0.25, 0.3) is 0 Å². The zero-order chi connectivity index (χ0) is 12.8. The Labute approximate surface area is 104 Å². The topological polar surface area (TPSA) is 64.3 Å². The van der Waals surface area contributed by atoms with Crippen LogP contribution >= 0.6 is 11.6 Å². The summed E-state index contributed by atoms with van der Waals surface area (Å²) in [4.78, 5) is 11.5. The van der Waals surface area contributed by atoms with Crippen LogP contribution in [0.2, 0.25) is 5.02 Å². The van der Waals surface area contributed by atoms with E-state index in [1.807, 2.05) is 0 Å². The van der Waals surface area contributed by atoms with Crippen LogP contribution in [0.3, 0.4) is 0 Å². The minimum atomic E-state index is -0.577. The van der Waals surface area contributed by atoms with Crippen molar-refractivity contribution in [1.29, 1.82) is 0 Å². The van der Waals surface area contributed by atoms with E-state index in [1.165, 1.54) is 19.2 Å². The number of rotatable bonds is 5. The van der Waals surface area contributed by atoms with E-state index in [0.717, 1.165) is 6.07 Å². The van der Waals surface area contributed by atoms with E-state index in [0.29, 0.717) is 5.69 Å². The fourth-order valence-corrected chi connectivity index (χ4v) is 1.37. The van der Waals surface area contributed by atoms with Gasteiger partial charge < -0.3 is 15.8 Å². The smallest absolute Gasteiger partial charge is 0.227 e. The molecule has 0 fully saturated rings. The van der Waals surface area contributed by atoms with Crippen molar-refractivity contribution in [2.24, 2.45) is 5.73 Å². The number of amides is 1. The number of anilines is 1. The number of hydrogen-bond donors (Lipinski definition) is 2. The van der Waals surface area contributed by atoms with Gasteiger partial charge in [-0.2, -0.15) is 0 Å². The molecule has 0 bridgehead atoms. The van der Waals surface area contributed by atoms with Gasteiger partial charge in [0.05, 0.1) is 17.5 Å². The molecule has 3 N–H and O–H groups in total. The molecule has 4 nitrogen and oxygen atoms in total. The quantitative estimate of drug-likeness (QED) is 0.848. The zero-order valence-corrected chi connectivity index (χ0v) is 10.1. The number of nitrogens with two attached hydrogens (primary N) is 1. The van der Waals surface area contributed by atoms with Gasteiger partial charge in [-0.1, -0.05) is 11.6 Å². The predicted molar refractivity (Wildman–Crippen MR) is 64.5 cm³/mol. The lowest BCUT2D eigenvalue weighted by Crippen LogP contribution is -2.28. The molecule has 1 aromatic rings. The van der Waals surface area contributed by atoms with Crippen LogP contribution in [0.15, 0.2) is 18.2 Å². The third-order valence-corrected chi connectivity index (χ3v) is 2.52. The number of carbonyl (C=O) groups is 1. The first-order chi connectivity index (χ1) is 8.06. The number of methoxy groups -OCH3 is 1. The third-order valence-electron chi connectivity index (χ3n) is 2.21. The van der Waals surface area contributed by atoms with E-state index < -0.39 is 5.82 Å². The van der Waals surface area contributed by atoms with Crippen LogP contribution in [-0.2, 0) is 9.53 Å². The first-order valence-electron chi connectivity index (χ1n) is 5.04. The number of halogens is 2. The molecule has 1 unspecified atom stereocenters. The molecule has 0 saturated carbocycles. The third kappa shape index (κ3) is 4.30. The predicted octanol–water partition coefficient (Wildman–Crippen LogP) is 1.78. The molecule has 0 radical (unpaired) electrons. The first kappa shape index (κ1) is 13.9.